The summed E-state index contributed by atoms with van der Waals surface area (Å²) >= 11 is 0. The Labute approximate surface area is 147 Å². The summed E-state index contributed by atoms with van der Waals surface area (Å²) in [5.41, 5.74) is 0. The van der Waals surface area contributed by atoms with Gasteiger partial charge in [0.05, 0.1) is 37.7 Å². The Hall–Kier alpha value is -2.03. The molecule has 0 bridgehead atoms. The number of nitrogens with zero attached hydrogens (tertiary/aromatic N) is 4. The summed E-state index contributed by atoms with van der Waals surface area (Å²) in [6, 6.07) is 0. The minimum Gasteiger partial charge on any atom is -0.570 e. The number of aromatic nitrogens is 2. The molecule has 3 rings (SSSR count). The maximum Gasteiger partial charge on any atom is 0.326 e. The van der Waals surface area contributed by atoms with Gasteiger partial charge in [0, 0.05) is 0 Å². The van der Waals surface area contributed by atoms with Crippen LogP contribution < -0.4 is 14.9 Å². The third-order valence-electron chi connectivity index (χ3n) is 3.99. The van der Waals surface area contributed by atoms with Gasteiger partial charge < -0.3 is 39.7 Å². The Morgan fingerprint density at radius 2 is 2.04 bits per heavy atom. The highest BCUT2D eigenvalue weighted by atomic mass is 16.7. The highest BCUT2D eigenvalue weighted by molar-refractivity contribution is 5.65. The maximum absolute atomic E-state index is 11.9. The Bertz CT molecular complexity index is 619. The van der Waals surface area contributed by atoms with Crippen molar-refractivity contribution < 1.29 is 49.1 Å². The average molecular weight is 376 g/mol. The van der Waals surface area contributed by atoms with Crippen LogP contribution in [-0.2, 0) is 14.2 Å². The molecule has 1 aromatic heterocycles. The van der Waals surface area contributed by atoms with Gasteiger partial charge >= 0.3 is 5.88 Å². The third kappa shape index (κ3) is 4.03. The van der Waals surface area contributed by atoms with Gasteiger partial charge in [-0.2, -0.15) is 4.99 Å². The summed E-state index contributed by atoms with van der Waals surface area (Å²) in [5.74, 6) is -0.147. The van der Waals surface area contributed by atoms with Crippen molar-refractivity contribution in [1.82, 2.24) is 5.27 Å². The standard InChI is InChI=1S/C13H20N4O9/c18-6-7-9(19)10(20)11(21)12(24-7)25-13(22)14-8-5-17(15-26-8)16-1-3-23-4-2-16/h5,7,9-12,18-21H,1-4,6H2/t7-,9+,10+,11-,12-/m1/s1. The zero-order chi connectivity index (χ0) is 18.7. The van der Waals surface area contributed by atoms with Gasteiger partial charge in [0.1, 0.15) is 30.7 Å². The molecular weight excluding hydrogens is 356 g/mol. The fourth-order valence-corrected chi connectivity index (χ4v) is 2.55. The lowest BCUT2D eigenvalue weighted by Crippen LogP contribution is -2.62. The van der Waals surface area contributed by atoms with E-state index in [1.54, 1.807) is 0 Å². The Morgan fingerprint density at radius 1 is 1.31 bits per heavy atom. The molecule has 0 saturated carbocycles. The molecule has 5 atom stereocenters. The third-order valence-corrected chi connectivity index (χ3v) is 3.99. The number of hydrogen-bond donors (Lipinski definition) is 4. The van der Waals surface area contributed by atoms with Crippen molar-refractivity contribution in [2.24, 2.45) is 4.99 Å². The second kappa shape index (κ2) is 8.11. The van der Waals surface area contributed by atoms with E-state index in [0.717, 1.165) is 0 Å². The second-order valence-corrected chi connectivity index (χ2v) is 5.72. The highest BCUT2D eigenvalue weighted by Crippen LogP contribution is 2.22. The van der Waals surface area contributed by atoms with Crippen LogP contribution in [0.25, 0.3) is 0 Å². The van der Waals surface area contributed by atoms with Crippen LogP contribution in [0.3, 0.4) is 0 Å². The van der Waals surface area contributed by atoms with E-state index in [0.29, 0.717) is 26.3 Å². The van der Waals surface area contributed by atoms with Crippen molar-refractivity contribution in [2.45, 2.75) is 30.7 Å². The van der Waals surface area contributed by atoms with Gasteiger partial charge in [-0.3, -0.25) is 4.52 Å². The second-order valence-electron chi connectivity index (χ2n) is 5.72. The van der Waals surface area contributed by atoms with E-state index in [1.165, 1.54) is 11.0 Å². The molecule has 146 valence electrons. The zero-order valence-corrected chi connectivity index (χ0v) is 13.6. The van der Waals surface area contributed by atoms with Gasteiger partial charge in [0.2, 0.25) is 5.27 Å². The SMILES string of the molecule is [O-]/C(=N\c1c[n+](N2CCOCC2)no1)O[C@H]1O[C@H](CO)[C@H](O)[C@H](O)[C@H]1O. The first kappa shape index (κ1) is 18.8. The fourth-order valence-electron chi connectivity index (χ4n) is 2.55. The molecule has 3 heterocycles. The fraction of sp³-hybridized carbons (Fsp3) is 0.769. The lowest BCUT2D eigenvalue weighted by atomic mass is 9.99. The topological polar surface area (TPSA) is 177 Å². The lowest BCUT2D eigenvalue weighted by Gasteiger charge is -2.42. The van der Waals surface area contributed by atoms with Crippen LogP contribution in [0.1, 0.15) is 0 Å². The first-order valence-corrected chi connectivity index (χ1v) is 7.94. The van der Waals surface area contributed by atoms with E-state index in [4.69, 9.17) is 23.8 Å². The molecule has 13 heteroatoms. The van der Waals surface area contributed by atoms with Gasteiger partial charge in [-0.25, -0.2) is 0 Å². The molecule has 1 aromatic rings. The normalized spacial score (nSPS) is 33.3. The summed E-state index contributed by atoms with van der Waals surface area (Å²) in [5, 5.41) is 55.7. The molecular formula is C13H20N4O9. The van der Waals surface area contributed by atoms with Gasteiger partial charge in [0.15, 0.2) is 6.08 Å². The van der Waals surface area contributed by atoms with Crippen LogP contribution >= 0.6 is 0 Å². The molecule has 2 aliphatic rings. The van der Waals surface area contributed by atoms with Crippen LogP contribution in [0, 0.1) is 0 Å². The van der Waals surface area contributed by atoms with E-state index in [1.807, 2.05) is 5.01 Å². The van der Waals surface area contributed by atoms with Crippen LogP contribution in [0.15, 0.2) is 15.7 Å². The summed E-state index contributed by atoms with van der Waals surface area (Å²) in [7, 11) is 0. The van der Waals surface area contributed by atoms with Crippen molar-refractivity contribution in [2.75, 3.05) is 37.9 Å². The Morgan fingerprint density at radius 3 is 2.73 bits per heavy atom. The van der Waals surface area contributed by atoms with Crippen molar-refractivity contribution in [3.05, 3.63) is 6.20 Å². The molecule has 13 nitrogen and oxygen atoms in total. The van der Waals surface area contributed by atoms with E-state index >= 15 is 0 Å². The molecule has 2 saturated heterocycles. The van der Waals surface area contributed by atoms with E-state index in [2.05, 4.69) is 10.3 Å². The van der Waals surface area contributed by atoms with Crippen molar-refractivity contribution in [3.8, 4) is 0 Å². The van der Waals surface area contributed by atoms with Crippen LogP contribution in [-0.4, -0.2) is 95.4 Å². The Balaban J connectivity index is 1.63. The molecule has 0 spiro atoms. The first-order chi connectivity index (χ1) is 12.5. The van der Waals surface area contributed by atoms with Crippen LogP contribution in [0.4, 0.5) is 5.88 Å². The first-order valence-electron chi connectivity index (χ1n) is 7.94. The molecule has 0 radical (unpaired) electrons. The molecule has 0 aliphatic carbocycles. The summed E-state index contributed by atoms with van der Waals surface area (Å²) in [6.07, 6.45) is -7.54. The maximum atomic E-state index is 11.9. The highest BCUT2D eigenvalue weighted by Gasteiger charge is 2.42. The lowest BCUT2D eigenvalue weighted by molar-refractivity contribution is -0.759. The number of morpholine rings is 1. The van der Waals surface area contributed by atoms with Gasteiger partial charge in [-0.15, -0.1) is 5.01 Å². The van der Waals surface area contributed by atoms with Crippen molar-refractivity contribution in [3.63, 3.8) is 0 Å². The van der Waals surface area contributed by atoms with Crippen molar-refractivity contribution in [1.29, 1.82) is 0 Å². The quantitative estimate of drug-likeness (QED) is 0.225. The molecule has 0 unspecified atom stereocenters. The molecule has 0 amide bonds. The predicted molar refractivity (Wildman–Crippen MR) is 77.4 cm³/mol. The monoisotopic (exact) mass is 376 g/mol. The zero-order valence-electron chi connectivity index (χ0n) is 13.6. The average Bonchev–Trinajstić information content (AvgIpc) is 3.11. The molecule has 2 aliphatic heterocycles. The number of ether oxygens (including phenoxy) is 3. The van der Waals surface area contributed by atoms with E-state index in [-0.39, 0.29) is 5.88 Å². The van der Waals surface area contributed by atoms with E-state index < -0.39 is 43.4 Å². The number of aliphatic imine (C=N–C) groups is 1. The van der Waals surface area contributed by atoms with Gasteiger partial charge in [-0.05, 0) is 0 Å². The summed E-state index contributed by atoms with van der Waals surface area (Å²) in [6.45, 7) is 1.60. The van der Waals surface area contributed by atoms with Gasteiger partial charge in [0.25, 0.3) is 6.20 Å². The van der Waals surface area contributed by atoms with Crippen LogP contribution in [0.2, 0.25) is 0 Å². The smallest absolute Gasteiger partial charge is 0.326 e. The predicted octanol–water partition coefficient (Wildman–Crippen LogP) is -4.91. The molecule has 4 N–H and O–H groups in total. The van der Waals surface area contributed by atoms with Crippen LogP contribution in [0.5, 0.6) is 0 Å². The summed E-state index contributed by atoms with van der Waals surface area (Å²) < 4.78 is 20.0. The van der Waals surface area contributed by atoms with Gasteiger partial charge in [-0.1, -0.05) is 0 Å². The number of rotatable bonds is 4. The minimum absolute atomic E-state index is 0.147. The van der Waals surface area contributed by atoms with Crippen molar-refractivity contribution >= 4 is 12.0 Å². The number of aliphatic hydroxyl groups excluding tert-OH is 4. The van der Waals surface area contributed by atoms with E-state index in [9.17, 15) is 20.4 Å². The molecule has 0 aromatic carbocycles. The molecule has 26 heavy (non-hydrogen) atoms. The largest absolute Gasteiger partial charge is 0.570 e. The number of aliphatic hydroxyl groups is 4. The summed E-state index contributed by atoms with van der Waals surface area (Å²) in [4.78, 5) is 4.91. The Kier molecular flexibility index (Phi) is 5.85. The minimum atomic E-state index is -1.71. The number of hydrogen-bond acceptors (Lipinski definition) is 12. The molecule has 2 fully saturated rings.